The molecule has 84 valence electrons. The number of carboxylic acid groups (broad SMARTS) is 1. The minimum atomic E-state index is -0.935. The summed E-state index contributed by atoms with van der Waals surface area (Å²) in [7, 11) is 1.76. The number of nitrogens with zero attached hydrogens (tertiary/aromatic N) is 3. The van der Waals surface area contributed by atoms with E-state index in [-0.39, 0.29) is 11.9 Å². The number of piperazine rings is 2. The van der Waals surface area contributed by atoms with Crippen LogP contribution in [0.15, 0.2) is 0 Å². The molecule has 2 fully saturated rings. The zero-order valence-corrected chi connectivity index (χ0v) is 8.72. The van der Waals surface area contributed by atoms with Gasteiger partial charge in [-0.1, -0.05) is 0 Å². The quantitative estimate of drug-likeness (QED) is 0.567. The minimum absolute atomic E-state index is 0.0344. The predicted molar refractivity (Wildman–Crippen MR) is 52.6 cm³/mol. The SMILES string of the molecule is CN1CCN2CCN(C(=O)O)CC2C1=O. The van der Waals surface area contributed by atoms with Crippen LogP contribution in [0.1, 0.15) is 0 Å². The smallest absolute Gasteiger partial charge is 0.407 e. The van der Waals surface area contributed by atoms with Crippen LogP contribution in [-0.2, 0) is 4.79 Å². The maximum Gasteiger partial charge on any atom is 0.407 e. The normalized spacial score (nSPS) is 27.8. The molecule has 0 bridgehead atoms. The molecule has 2 amide bonds. The van der Waals surface area contributed by atoms with Gasteiger partial charge in [0.25, 0.3) is 0 Å². The minimum Gasteiger partial charge on any atom is -0.465 e. The van der Waals surface area contributed by atoms with Crippen molar-refractivity contribution in [1.82, 2.24) is 14.7 Å². The molecule has 2 saturated heterocycles. The van der Waals surface area contributed by atoms with Crippen molar-refractivity contribution in [3.8, 4) is 0 Å². The maximum absolute atomic E-state index is 11.8. The van der Waals surface area contributed by atoms with Crippen molar-refractivity contribution < 1.29 is 14.7 Å². The topological polar surface area (TPSA) is 64.1 Å². The second kappa shape index (κ2) is 3.69. The van der Waals surface area contributed by atoms with Gasteiger partial charge in [-0.25, -0.2) is 4.79 Å². The molecule has 2 aliphatic rings. The van der Waals surface area contributed by atoms with Crippen LogP contribution in [0.4, 0.5) is 4.79 Å². The molecule has 6 heteroatoms. The highest BCUT2D eigenvalue weighted by molar-refractivity contribution is 5.83. The van der Waals surface area contributed by atoms with E-state index in [2.05, 4.69) is 4.90 Å². The Morgan fingerprint density at radius 2 is 2.00 bits per heavy atom. The molecule has 2 aliphatic heterocycles. The van der Waals surface area contributed by atoms with Crippen molar-refractivity contribution in [2.45, 2.75) is 6.04 Å². The Bertz CT molecular complexity index is 294. The molecule has 0 saturated carbocycles. The molecule has 0 spiro atoms. The van der Waals surface area contributed by atoms with Crippen LogP contribution < -0.4 is 0 Å². The highest BCUT2D eigenvalue weighted by Gasteiger charge is 2.38. The van der Waals surface area contributed by atoms with E-state index in [1.165, 1.54) is 4.90 Å². The van der Waals surface area contributed by atoms with Gasteiger partial charge in [0.05, 0.1) is 0 Å². The van der Waals surface area contributed by atoms with E-state index in [1.54, 1.807) is 11.9 Å². The fourth-order valence-electron chi connectivity index (χ4n) is 2.14. The standard InChI is InChI=1S/C9H15N3O3/c1-10-2-3-11-4-5-12(9(14)15)6-7(11)8(10)13/h7H,2-6H2,1H3,(H,14,15). The number of carbonyl (C=O) groups is 2. The number of fused-ring (bicyclic) bond motifs is 1. The first-order valence-electron chi connectivity index (χ1n) is 5.06. The summed E-state index contributed by atoms with van der Waals surface area (Å²) < 4.78 is 0. The molecule has 0 aromatic carbocycles. The van der Waals surface area contributed by atoms with Gasteiger partial charge in [-0.2, -0.15) is 0 Å². The number of hydrogen-bond acceptors (Lipinski definition) is 3. The van der Waals surface area contributed by atoms with E-state index in [0.717, 1.165) is 13.1 Å². The summed E-state index contributed by atoms with van der Waals surface area (Å²) in [6.45, 7) is 3.06. The summed E-state index contributed by atoms with van der Waals surface area (Å²) in [4.78, 5) is 27.7. The van der Waals surface area contributed by atoms with Crippen molar-refractivity contribution in [3.05, 3.63) is 0 Å². The third-order valence-corrected chi connectivity index (χ3v) is 3.15. The maximum atomic E-state index is 11.8. The fourth-order valence-corrected chi connectivity index (χ4v) is 2.14. The Hall–Kier alpha value is -1.30. The molecule has 1 N–H and O–H groups in total. The van der Waals surface area contributed by atoms with Crippen LogP contribution in [0.5, 0.6) is 0 Å². The highest BCUT2D eigenvalue weighted by atomic mass is 16.4. The summed E-state index contributed by atoms with van der Waals surface area (Å²) in [5, 5.41) is 8.86. The summed E-state index contributed by atoms with van der Waals surface area (Å²) in [6, 6.07) is -0.270. The average molecular weight is 213 g/mol. The van der Waals surface area contributed by atoms with Gasteiger partial charge in [-0.15, -0.1) is 0 Å². The first-order valence-corrected chi connectivity index (χ1v) is 5.06. The van der Waals surface area contributed by atoms with E-state index in [1.807, 2.05) is 0 Å². The van der Waals surface area contributed by atoms with Gasteiger partial charge < -0.3 is 14.9 Å². The number of hydrogen-bond donors (Lipinski definition) is 1. The van der Waals surface area contributed by atoms with E-state index in [0.29, 0.717) is 19.6 Å². The van der Waals surface area contributed by atoms with Crippen LogP contribution in [0.25, 0.3) is 0 Å². The third kappa shape index (κ3) is 1.77. The van der Waals surface area contributed by atoms with E-state index < -0.39 is 6.09 Å². The van der Waals surface area contributed by atoms with Gasteiger partial charge in [0.15, 0.2) is 0 Å². The van der Waals surface area contributed by atoms with Crippen LogP contribution in [0.3, 0.4) is 0 Å². The molecule has 1 unspecified atom stereocenters. The summed E-state index contributed by atoms with van der Waals surface area (Å²) in [5.41, 5.74) is 0. The molecule has 0 aromatic heterocycles. The number of rotatable bonds is 0. The van der Waals surface area contributed by atoms with Crippen molar-refractivity contribution in [2.24, 2.45) is 0 Å². The molecule has 0 radical (unpaired) electrons. The Balaban J connectivity index is 2.08. The number of likely N-dealkylation sites (N-methyl/N-ethyl adjacent to an activating group) is 1. The molecule has 2 heterocycles. The molecule has 15 heavy (non-hydrogen) atoms. The van der Waals surface area contributed by atoms with Gasteiger partial charge in [0.2, 0.25) is 5.91 Å². The zero-order valence-electron chi connectivity index (χ0n) is 8.72. The first-order chi connectivity index (χ1) is 7.09. The van der Waals surface area contributed by atoms with Crippen molar-refractivity contribution >= 4 is 12.0 Å². The van der Waals surface area contributed by atoms with Crippen molar-refractivity contribution in [2.75, 3.05) is 39.8 Å². The van der Waals surface area contributed by atoms with Gasteiger partial charge >= 0.3 is 6.09 Å². The lowest BCUT2D eigenvalue weighted by molar-refractivity contribution is -0.142. The summed E-state index contributed by atoms with van der Waals surface area (Å²) in [6.07, 6.45) is -0.935. The molecule has 0 aromatic rings. The number of amides is 2. The van der Waals surface area contributed by atoms with Gasteiger partial charge in [-0.05, 0) is 0 Å². The molecular weight excluding hydrogens is 198 g/mol. The summed E-state index contributed by atoms with van der Waals surface area (Å²) >= 11 is 0. The van der Waals surface area contributed by atoms with Crippen LogP contribution >= 0.6 is 0 Å². The largest absolute Gasteiger partial charge is 0.465 e. The first kappa shape index (κ1) is 10.2. The Labute approximate surface area is 88.0 Å². The van der Waals surface area contributed by atoms with Crippen molar-refractivity contribution in [1.29, 1.82) is 0 Å². The second-order valence-electron chi connectivity index (χ2n) is 4.04. The fraction of sp³-hybridized carbons (Fsp3) is 0.778. The van der Waals surface area contributed by atoms with Gasteiger partial charge in [0, 0.05) is 39.8 Å². The lowest BCUT2D eigenvalue weighted by atomic mass is 10.1. The van der Waals surface area contributed by atoms with E-state index >= 15 is 0 Å². The molecule has 6 nitrogen and oxygen atoms in total. The monoisotopic (exact) mass is 213 g/mol. The molecular formula is C9H15N3O3. The summed E-state index contributed by atoms with van der Waals surface area (Å²) in [5.74, 6) is 0.0344. The van der Waals surface area contributed by atoms with E-state index in [4.69, 9.17) is 5.11 Å². The van der Waals surface area contributed by atoms with E-state index in [9.17, 15) is 9.59 Å². The Morgan fingerprint density at radius 3 is 2.67 bits per heavy atom. The second-order valence-corrected chi connectivity index (χ2v) is 4.04. The average Bonchev–Trinajstić information content (AvgIpc) is 2.23. The molecule has 2 rings (SSSR count). The third-order valence-electron chi connectivity index (χ3n) is 3.15. The zero-order chi connectivity index (χ0) is 11.0. The van der Waals surface area contributed by atoms with Crippen molar-refractivity contribution in [3.63, 3.8) is 0 Å². The van der Waals surface area contributed by atoms with Crippen LogP contribution in [0.2, 0.25) is 0 Å². The molecule has 0 aliphatic carbocycles. The highest BCUT2D eigenvalue weighted by Crippen LogP contribution is 2.15. The van der Waals surface area contributed by atoms with Crippen LogP contribution in [0, 0.1) is 0 Å². The predicted octanol–water partition coefficient (Wildman–Crippen LogP) is -0.877. The lowest BCUT2D eigenvalue weighted by Crippen LogP contribution is -2.64. The Kier molecular flexibility index (Phi) is 2.52. The van der Waals surface area contributed by atoms with Crippen LogP contribution in [-0.4, -0.2) is 77.6 Å². The lowest BCUT2D eigenvalue weighted by Gasteiger charge is -2.44. The van der Waals surface area contributed by atoms with Gasteiger partial charge in [-0.3, -0.25) is 9.69 Å². The Morgan fingerprint density at radius 1 is 1.33 bits per heavy atom. The van der Waals surface area contributed by atoms with Gasteiger partial charge in [0.1, 0.15) is 6.04 Å². The number of carbonyl (C=O) groups excluding carboxylic acids is 1. The molecule has 1 atom stereocenters.